The van der Waals surface area contributed by atoms with Crippen molar-refractivity contribution in [2.45, 2.75) is 26.8 Å². The minimum absolute atomic E-state index is 0.0434. The molecule has 0 aliphatic carbocycles. The Morgan fingerprint density at radius 2 is 2.05 bits per heavy atom. The molecule has 1 aromatic carbocycles. The van der Waals surface area contributed by atoms with Crippen molar-refractivity contribution in [2.24, 2.45) is 0 Å². The summed E-state index contributed by atoms with van der Waals surface area (Å²) in [6, 6.07) is 9.76. The Morgan fingerprint density at radius 3 is 2.82 bits per heavy atom. The number of nitrogens with one attached hydrogen (secondary N) is 1. The van der Waals surface area contributed by atoms with Crippen LogP contribution in [0, 0.1) is 13.8 Å². The van der Waals surface area contributed by atoms with Gasteiger partial charge in [0.05, 0.1) is 17.6 Å². The molecule has 112 valence electrons. The number of aromatic nitrogens is 2. The van der Waals surface area contributed by atoms with Crippen LogP contribution in [-0.2, 0) is 17.8 Å². The summed E-state index contributed by atoms with van der Waals surface area (Å²) < 4.78 is 5.09. The van der Waals surface area contributed by atoms with Gasteiger partial charge in [0.2, 0.25) is 5.91 Å². The number of para-hydroxylation sites is 1. The van der Waals surface area contributed by atoms with E-state index in [-0.39, 0.29) is 5.91 Å². The Labute approximate surface area is 128 Å². The first kappa shape index (κ1) is 14.3. The molecule has 0 bridgehead atoms. The van der Waals surface area contributed by atoms with E-state index in [0.717, 1.165) is 33.5 Å². The fourth-order valence-corrected chi connectivity index (χ4v) is 2.49. The molecule has 22 heavy (non-hydrogen) atoms. The molecule has 0 unspecified atom stereocenters. The summed E-state index contributed by atoms with van der Waals surface area (Å²) in [5.74, 6) is 0.697. The summed E-state index contributed by atoms with van der Waals surface area (Å²) in [5.41, 5.74) is 3.54. The zero-order chi connectivity index (χ0) is 15.5. The maximum atomic E-state index is 12.2. The predicted octanol–water partition coefficient (Wildman–Crippen LogP) is 2.70. The molecule has 3 aromatic rings. The van der Waals surface area contributed by atoms with Crippen molar-refractivity contribution in [3.05, 3.63) is 59.1 Å². The number of fused-ring (bicyclic) bond motifs is 1. The monoisotopic (exact) mass is 295 g/mol. The number of hydrogen-bond acceptors (Lipinski definition) is 4. The average Bonchev–Trinajstić information content (AvgIpc) is 2.84. The van der Waals surface area contributed by atoms with Crippen LogP contribution in [-0.4, -0.2) is 16.0 Å². The first-order chi connectivity index (χ1) is 10.6. The highest BCUT2D eigenvalue weighted by Crippen LogP contribution is 2.16. The van der Waals surface area contributed by atoms with Crippen LogP contribution in [0.15, 0.2) is 41.1 Å². The van der Waals surface area contributed by atoms with Crippen LogP contribution in [0.1, 0.15) is 22.6 Å². The normalized spacial score (nSPS) is 10.8. The van der Waals surface area contributed by atoms with Gasteiger partial charge >= 0.3 is 0 Å². The summed E-state index contributed by atoms with van der Waals surface area (Å²) in [7, 11) is 0. The molecule has 2 aromatic heterocycles. The second-order valence-corrected chi connectivity index (χ2v) is 5.25. The van der Waals surface area contributed by atoms with Crippen molar-refractivity contribution < 1.29 is 9.32 Å². The van der Waals surface area contributed by atoms with Gasteiger partial charge in [0.25, 0.3) is 0 Å². The molecule has 5 heteroatoms. The molecule has 0 aliphatic rings. The van der Waals surface area contributed by atoms with Crippen molar-refractivity contribution in [3.8, 4) is 0 Å². The molecule has 5 nitrogen and oxygen atoms in total. The predicted molar refractivity (Wildman–Crippen MR) is 83.3 cm³/mol. The smallest absolute Gasteiger partial charge is 0.224 e. The minimum atomic E-state index is -0.0434. The van der Waals surface area contributed by atoms with E-state index in [2.05, 4.69) is 15.5 Å². The Hall–Kier alpha value is -2.69. The number of aryl methyl sites for hydroxylation is 2. The molecule has 1 N–H and O–H groups in total. The van der Waals surface area contributed by atoms with Crippen molar-refractivity contribution in [2.75, 3.05) is 0 Å². The Kier molecular flexibility index (Phi) is 3.87. The zero-order valence-corrected chi connectivity index (χ0v) is 12.6. The fourth-order valence-electron chi connectivity index (χ4n) is 2.49. The van der Waals surface area contributed by atoms with Gasteiger partial charge in [-0.15, -0.1) is 0 Å². The number of nitrogens with zero attached hydrogens (tertiary/aromatic N) is 2. The maximum Gasteiger partial charge on any atom is 0.224 e. The second kappa shape index (κ2) is 5.97. The van der Waals surface area contributed by atoms with Gasteiger partial charge in [0.1, 0.15) is 5.76 Å². The molecule has 2 heterocycles. The van der Waals surface area contributed by atoms with Gasteiger partial charge in [0, 0.05) is 23.7 Å². The minimum Gasteiger partial charge on any atom is -0.361 e. The van der Waals surface area contributed by atoms with Crippen LogP contribution in [0.3, 0.4) is 0 Å². The van der Waals surface area contributed by atoms with Crippen LogP contribution < -0.4 is 5.32 Å². The lowest BCUT2D eigenvalue weighted by Crippen LogP contribution is -2.25. The van der Waals surface area contributed by atoms with E-state index in [4.69, 9.17) is 4.52 Å². The number of pyridine rings is 1. The third-order valence-electron chi connectivity index (χ3n) is 3.71. The topological polar surface area (TPSA) is 68.0 Å². The molecule has 0 aliphatic heterocycles. The lowest BCUT2D eigenvalue weighted by molar-refractivity contribution is -0.120. The number of hydrogen-bond donors (Lipinski definition) is 1. The fraction of sp³-hybridized carbons (Fsp3) is 0.235. The first-order valence-corrected chi connectivity index (χ1v) is 7.16. The van der Waals surface area contributed by atoms with E-state index >= 15 is 0 Å². The maximum absolute atomic E-state index is 12.2. The van der Waals surface area contributed by atoms with Crippen molar-refractivity contribution in [1.29, 1.82) is 0 Å². The standard InChI is InChI=1S/C17H17N3O2/c1-11-15(12(2)22-20-11)10-19-16(21)9-14-6-3-5-13-7-4-8-18-17(13)14/h3-8H,9-10H2,1-2H3,(H,19,21). The highest BCUT2D eigenvalue weighted by Gasteiger charge is 2.12. The molecule has 3 rings (SSSR count). The highest BCUT2D eigenvalue weighted by molar-refractivity contribution is 5.87. The van der Waals surface area contributed by atoms with Crippen LogP contribution in [0.5, 0.6) is 0 Å². The summed E-state index contributed by atoms with van der Waals surface area (Å²) in [6.45, 7) is 4.14. The van der Waals surface area contributed by atoms with Crippen molar-refractivity contribution in [1.82, 2.24) is 15.5 Å². The van der Waals surface area contributed by atoms with Gasteiger partial charge in [-0.25, -0.2) is 0 Å². The molecule has 0 fully saturated rings. The molecule has 0 saturated carbocycles. The van der Waals surface area contributed by atoms with Gasteiger partial charge in [0.15, 0.2) is 0 Å². The molecule has 0 saturated heterocycles. The molecule has 0 atom stereocenters. The van der Waals surface area contributed by atoms with E-state index < -0.39 is 0 Å². The lowest BCUT2D eigenvalue weighted by Gasteiger charge is -2.07. The van der Waals surface area contributed by atoms with Gasteiger partial charge in [-0.1, -0.05) is 29.4 Å². The summed E-state index contributed by atoms with van der Waals surface area (Å²) in [4.78, 5) is 16.6. The van der Waals surface area contributed by atoms with Gasteiger partial charge in [-0.05, 0) is 25.5 Å². The zero-order valence-electron chi connectivity index (χ0n) is 12.6. The molecule has 1 amide bonds. The van der Waals surface area contributed by atoms with Gasteiger partial charge < -0.3 is 9.84 Å². The van der Waals surface area contributed by atoms with Gasteiger partial charge in [-0.3, -0.25) is 9.78 Å². The molecule has 0 radical (unpaired) electrons. The summed E-state index contributed by atoms with van der Waals surface area (Å²) in [5, 5.41) is 7.84. The lowest BCUT2D eigenvalue weighted by atomic mass is 10.1. The van der Waals surface area contributed by atoms with E-state index in [1.807, 2.05) is 44.2 Å². The van der Waals surface area contributed by atoms with Crippen LogP contribution in [0.2, 0.25) is 0 Å². The Morgan fingerprint density at radius 1 is 1.23 bits per heavy atom. The van der Waals surface area contributed by atoms with Crippen molar-refractivity contribution in [3.63, 3.8) is 0 Å². The van der Waals surface area contributed by atoms with E-state index in [1.54, 1.807) is 6.20 Å². The molecular weight excluding hydrogens is 278 g/mol. The van der Waals surface area contributed by atoms with Crippen LogP contribution in [0.4, 0.5) is 0 Å². The Balaban J connectivity index is 1.71. The molecular formula is C17H17N3O2. The SMILES string of the molecule is Cc1noc(C)c1CNC(=O)Cc1cccc2cccnc12. The quantitative estimate of drug-likeness (QED) is 0.803. The number of carbonyl (C=O) groups excluding carboxylic acids is 1. The number of benzene rings is 1. The summed E-state index contributed by atoms with van der Waals surface area (Å²) in [6.07, 6.45) is 2.05. The summed E-state index contributed by atoms with van der Waals surface area (Å²) >= 11 is 0. The number of amides is 1. The van der Waals surface area contributed by atoms with Gasteiger partial charge in [-0.2, -0.15) is 0 Å². The number of rotatable bonds is 4. The van der Waals surface area contributed by atoms with E-state index in [1.165, 1.54) is 0 Å². The van der Waals surface area contributed by atoms with Crippen LogP contribution >= 0.6 is 0 Å². The van der Waals surface area contributed by atoms with E-state index in [9.17, 15) is 4.79 Å². The number of carbonyl (C=O) groups is 1. The van der Waals surface area contributed by atoms with Crippen molar-refractivity contribution >= 4 is 16.8 Å². The first-order valence-electron chi connectivity index (χ1n) is 7.16. The molecule has 0 spiro atoms. The Bertz CT molecular complexity index is 799. The van der Waals surface area contributed by atoms with E-state index in [0.29, 0.717) is 13.0 Å². The second-order valence-electron chi connectivity index (χ2n) is 5.25. The van der Waals surface area contributed by atoms with Crippen LogP contribution in [0.25, 0.3) is 10.9 Å². The third kappa shape index (κ3) is 2.83. The highest BCUT2D eigenvalue weighted by atomic mass is 16.5. The average molecular weight is 295 g/mol. The largest absolute Gasteiger partial charge is 0.361 e. The third-order valence-corrected chi connectivity index (χ3v) is 3.71.